The van der Waals surface area contributed by atoms with E-state index in [1.54, 1.807) is 0 Å². The number of aliphatic hydroxyl groups excluding tert-OH is 1. The molecule has 0 saturated carbocycles. The largest absolute Gasteiger partial charge is 0.409 e. The smallest absolute Gasteiger partial charge is 0.405 e. The van der Waals surface area contributed by atoms with Crippen LogP contribution < -0.4 is 5.09 Å². The molecule has 2 N–H and O–H groups in total. The average Bonchev–Trinajstić information content (AvgIpc) is 2.98. The van der Waals surface area contributed by atoms with Gasteiger partial charge in [0.05, 0.1) is 12.7 Å². The Bertz CT molecular complexity index is 595. The van der Waals surface area contributed by atoms with E-state index in [9.17, 15) is 4.57 Å². The van der Waals surface area contributed by atoms with Gasteiger partial charge in [-0.3, -0.25) is 9.05 Å². The van der Waals surface area contributed by atoms with Gasteiger partial charge in [0.15, 0.2) is 8.32 Å². The minimum Gasteiger partial charge on any atom is -0.409 e. The van der Waals surface area contributed by atoms with Gasteiger partial charge in [-0.25, -0.2) is 16.2 Å². The fraction of sp³-hybridized carbons (Fsp3) is 0.947. The Kier molecular flexibility index (Phi) is 13.0. The Morgan fingerprint density at radius 3 is 2.43 bits per heavy atom. The number of hydrogen-bond donors (Lipinski definition) is 2. The Morgan fingerprint density at radius 2 is 2.00 bits per heavy atom. The minimum atomic E-state index is -3.72. The van der Waals surface area contributed by atoms with E-state index in [0.29, 0.717) is 0 Å². The summed E-state index contributed by atoms with van der Waals surface area (Å²) in [6, 6.07) is -0.821. The van der Waals surface area contributed by atoms with E-state index in [1.165, 1.54) is 20.9 Å². The van der Waals surface area contributed by atoms with Gasteiger partial charge < -0.3 is 19.1 Å². The first-order valence-corrected chi connectivity index (χ1v) is 14.4. The van der Waals surface area contributed by atoms with Crippen LogP contribution in [0.1, 0.15) is 49.8 Å². The van der Waals surface area contributed by atoms with Gasteiger partial charge in [0.25, 0.3) is 0 Å². The summed E-state index contributed by atoms with van der Waals surface area (Å²) in [4.78, 5) is 3.16. The van der Waals surface area contributed by atoms with Crippen LogP contribution in [0, 0.1) is 6.57 Å². The SMILES string of the molecule is CCC.[2H]OC[C@H]1O[C@@H]([B])[C@@H](O[Si](C)(C)C(C)(C)C)C1OP(=O)(NC)OCC[N+]#[C-].[3H]C. The summed E-state index contributed by atoms with van der Waals surface area (Å²) in [5.74, 6) is 0. The number of ether oxygens (including phenoxy) is 1. The van der Waals surface area contributed by atoms with Gasteiger partial charge in [0.1, 0.15) is 26.7 Å². The van der Waals surface area contributed by atoms with Crippen LogP contribution in [0.4, 0.5) is 0 Å². The van der Waals surface area contributed by atoms with Crippen molar-refractivity contribution in [1.29, 1.82) is 1.43 Å². The van der Waals surface area contributed by atoms with Crippen LogP contribution in [0.15, 0.2) is 0 Å². The summed E-state index contributed by atoms with van der Waals surface area (Å²) in [7, 11) is 2.84. The molecule has 1 saturated heterocycles. The summed E-state index contributed by atoms with van der Waals surface area (Å²) >= 11 is 0. The van der Waals surface area contributed by atoms with Crippen molar-refractivity contribution in [2.24, 2.45) is 0 Å². The van der Waals surface area contributed by atoms with Crippen molar-refractivity contribution in [2.45, 2.75) is 90.9 Å². The van der Waals surface area contributed by atoms with Gasteiger partial charge in [0, 0.05) is 7.37 Å². The zero-order valence-corrected chi connectivity index (χ0v) is 22.0. The molecule has 1 fully saturated rings. The first-order chi connectivity index (χ1) is 14.8. The van der Waals surface area contributed by atoms with Crippen molar-refractivity contribution < 1.29 is 29.3 Å². The highest BCUT2D eigenvalue weighted by Gasteiger charge is 2.51. The molecule has 0 aromatic carbocycles. The maximum Gasteiger partial charge on any atom is 0.405 e. The second kappa shape index (κ2) is 14.0. The molecule has 0 bridgehead atoms. The molecular formula is C19H42BN2O6PSi. The van der Waals surface area contributed by atoms with E-state index in [4.69, 9.17) is 35.4 Å². The standard InChI is InChI=1S/C15H30BN2O6PSi.C3H8.CH4/c1-15(2,3)26(6,7)24-13-12(11(10-19)22-14(13)16)23-25(20,18-5)21-9-8-17-4;1-3-2;/h11-14,19H,8-10H2,1-3,5-7H3,(H,18,20);3H2,1-2H3;1H4/t11-,12?,13+,14-,25?;;/m1../s1/i19D;;1T. The van der Waals surface area contributed by atoms with Crippen molar-refractivity contribution in [3.05, 3.63) is 11.4 Å². The second-order valence-corrected chi connectivity index (χ2v) is 15.0. The van der Waals surface area contributed by atoms with Gasteiger partial charge in [-0.15, -0.1) is 0 Å². The molecule has 1 heterocycles. The Morgan fingerprint density at radius 1 is 1.43 bits per heavy atom. The molecule has 1 aliphatic heterocycles. The average molecular weight is 467 g/mol. The Labute approximate surface area is 189 Å². The Hall–Kier alpha value is -0.238. The van der Waals surface area contributed by atoms with Crippen LogP contribution in [-0.4, -0.2) is 73.8 Å². The summed E-state index contributed by atoms with van der Waals surface area (Å²) in [5.41, 5.74) is 0. The zero-order valence-electron chi connectivity index (χ0n) is 22.1. The highest BCUT2D eigenvalue weighted by atomic mass is 31.2. The molecule has 30 heavy (non-hydrogen) atoms. The lowest BCUT2D eigenvalue weighted by atomic mass is 9.93. The molecule has 0 amide bonds. The van der Waals surface area contributed by atoms with Crippen molar-refractivity contribution in [3.8, 4) is 0 Å². The third-order valence-corrected chi connectivity index (χ3v) is 10.8. The lowest BCUT2D eigenvalue weighted by molar-refractivity contribution is -0.00439. The predicted octanol–water partition coefficient (Wildman–Crippen LogP) is 3.96. The first kappa shape index (κ1) is 27.8. The van der Waals surface area contributed by atoms with Crippen LogP contribution in [0.25, 0.3) is 4.85 Å². The van der Waals surface area contributed by atoms with Gasteiger partial charge in [-0.2, -0.15) is 0 Å². The maximum absolute atomic E-state index is 12.9. The summed E-state index contributed by atoms with van der Waals surface area (Å²) < 4.78 is 48.7. The number of hydrogen-bond acceptors (Lipinski definition) is 6. The van der Waals surface area contributed by atoms with Crippen molar-refractivity contribution in [1.82, 2.24) is 5.09 Å². The van der Waals surface area contributed by atoms with Crippen molar-refractivity contribution in [2.75, 3.05) is 26.8 Å². The molecule has 0 spiro atoms. The third-order valence-electron chi connectivity index (χ3n) is 4.75. The van der Waals surface area contributed by atoms with Crippen LogP contribution in [0.3, 0.4) is 0 Å². The molecule has 0 aromatic heterocycles. The zero-order chi connectivity index (χ0) is 25.6. The van der Waals surface area contributed by atoms with E-state index in [0.717, 1.165) is 0 Å². The van der Waals surface area contributed by atoms with Gasteiger partial charge in [0.2, 0.25) is 7.98 Å². The van der Waals surface area contributed by atoms with Crippen LogP contribution in [0.2, 0.25) is 18.1 Å². The highest BCUT2D eigenvalue weighted by Crippen LogP contribution is 2.48. The molecule has 2 radical (unpaired) electrons. The van der Waals surface area contributed by atoms with Crippen LogP contribution in [-0.2, 0) is 22.8 Å². The summed E-state index contributed by atoms with van der Waals surface area (Å²) in [6.07, 6.45) is -1.04. The van der Waals surface area contributed by atoms with Gasteiger partial charge in [-0.1, -0.05) is 48.4 Å². The molecule has 1 rings (SSSR count). The lowest BCUT2D eigenvalue weighted by Gasteiger charge is -2.40. The molecular weight excluding hydrogens is 422 g/mol. The van der Waals surface area contributed by atoms with Crippen molar-refractivity contribution >= 4 is 23.9 Å². The number of nitrogens with zero attached hydrogens (tertiary/aromatic N) is 1. The van der Waals surface area contributed by atoms with E-state index >= 15 is 0 Å². The van der Waals surface area contributed by atoms with E-state index < -0.39 is 40.4 Å². The first-order valence-electron chi connectivity index (χ1n) is 11.3. The minimum absolute atomic E-state index is 0.0470. The molecule has 11 heteroatoms. The van der Waals surface area contributed by atoms with Crippen molar-refractivity contribution in [3.63, 3.8) is 0 Å². The fourth-order valence-corrected chi connectivity index (χ4v) is 4.68. The molecule has 1 aliphatic rings. The fourth-order valence-electron chi connectivity index (χ4n) is 2.18. The van der Waals surface area contributed by atoms with E-state index in [2.05, 4.69) is 62.8 Å². The monoisotopic (exact) mass is 467 g/mol. The predicted molar refractivity (Wildman–Crippen MR) is 125 cm³/mol. The Balaban J connectivity index is 0. The molecule has 0 aliphatic carbocycles. The highest BCUT2D eigenvalue weighted by molar-refractivity contribution is 7.51. The van der Waals surface area contributed by atoms with Gasteiger partial charge >= 0.3 is 7.75 Å². The third kappa shape index (κ3) is 9.49. The quantitative estimate of drug-likeness (QED) is 0.218. The number of nitrogens with one attached hydrogen (secondary N) is 1. The normalized spacial score (nSPS) is 26.7. The number of aliphatic hydroxyl groups is 1. The van der Waals surface area contributed by atoms with E-state index in [-0.39, 0.29) is 24.8 Å². The summed E-state index contributed by atoms with van der Waals surface area (Å²) in [6.45, 7) is 21.3. The lowest BCUT2D eigenvalue weighted by Crippen LogP contribution is -2.50. The van der Waals surface area contributed by atoms with E-state index in [1.807, 2.05) is 0 Å². The van der Waals surface area contributed by atoms with Gasteiger partial charge in [-0.05, 0) is 25.2 Å². The topological polar surface area (TPSA) is 90.6 Å². The maximum atomic E-state index is 12.9. The van der Waals surface area contributed by atoms with Crippen LogP contribution >= 0.6 is 7.75 Å². The number of rotatable bonds is 10. The van der Waals surface area contributed by atoms with Crippen LogP contribution in [0.5, 0.6) is 0 Å². The molecule has 2 unspecified atom stereocenters. The second-order valence-electron chi connectivity index (χ2n) is 8.36. The molecule has 8 nitrogen and oxygen atoms in total. The molecule has 0 aromatic rings. The molecule has 176 valence electrons. The molecule has 5 atom stereocenters. The summed E-state index contributed by atoms with van der Waals surface area (Å²) in [5, 5.41) is 6.90.